The van der Waals surface area contributed by atoms with Crippen LogP contribution in [-0.4, -0.2) is 6.66 Å². The summed E-state index contributed by atoms with van der Waals surface area (Å²) in [6.45, 7) is 12.6. The molecule has 0 aliphatic carbocycles. The van der Waals surface area contributed by atoms with Crippen LogP contribution in [0.3, 0.4) is 0 Å². The number of rotatable bonds is 5. The van der Waals surface area contributed by atoms with Gasteiger partial charge in [-0.15, -0.1) is 39.4 Å². The molecule has 0 N–H and O–H groups in total. The predicted molar refractivity (Wildman–Crippen MR) is 151 cm³/mol. The Morgan fingerprint density at radius 2 is 1.52 bits per heavy atom. The lowest BCUT2D eigenvalue weighted by molar-refractivity contribution is 1.23. The molecule has 0 bridgehead atoms. The predicted octanol–water partition coefficient (Wildman–Crippen LogP) is 9.37. The van der Waals surface area contributed by atoms with Gasteiger partial charge in [0.2, 0.25) is 0 Å². The molecule has 152 valence electrons. The van der Waals surface area contributed by atoms with Crippen molar-refractivity contribution in [3.05, 3.63) is 40.3 Å². The first-order chi connectivity index (χ1) is 12.8. The van der Waals surface area contributed by atoms with Gasteiger partial charge in [0.05, 0.1) is 5.69 Å². The highest BCUT2D eigenvalue weighted by atomic mass is 32.6. The molecule has 0 saturated carbocycles. The van der Waals surface area contributed by atoms with Crippen LogP contribution in [-0.2, 0) is 0 Å². The summed E-state index contributed by atoms with van der Waals surface area (Å²) in [5, 5.41) is 9.70. The van der Waals surface area contributed by atoms with Crippen LogP contribution in [0.15, 0.2) is 34.5 Å². The molecule has 1 aromatic heterocycles. The van der Waals surface area contributed by atoms with Gasteiger partial charge in [0.25, 0.3) is 0 Å². The molecular weight excluding hydrogens is 483 g/mol. The zero-order chi connectivity index (χ0) is 21.0. The molecule has 2 rings (SSSR count). The number of hydrogen-bond donors (Lipinski definition) is 0. The van der Waals surface area contributed by atoms with Crippen molar-refractivity contribution in [2.45, 2.75) is 34.6 Å². The fourth-order valence-corrected chi connectivity index (χ4v) is 3.58. The third kappa shape index (κ3) is 10.8. The van der Waals surface area contributed by atoms with Crippen LogP contribution in [0.2, 0.25) is 0 Å². The van der Waals surface area contributed by atoms with E-state index in [2.05, 4.69) is 90.4 Å². The molecule has 0 amide bonds. The second-order valence-electron chi connectivity index (χ2n) is 5.17. The molecule has 0 radical (unpaired) electrons. The van der Waals surface area contributed by atoms with E-state index in [0.29, 0.717) is 15.7 Å². The first-order valence-electron chi connectivity index (χ1n) is 8.34. The van der Waals surface area contributed by atoms with Crippen molar-refractivity contribution < 1.29 is 0 Å². The number of benzene rings is 1. The average Bonchev–Trinajstić information content (AvgIpc) is 2.94. The van der Waals surface area contributed by atoms with Gasteiger partial charge in [-0.25, -0.2) is 0 Å². The fourth-order valence-electron chi connectivity index (χ4n) is 1.68. The lowest BCUT2D eigenvalue weighted by Gasteiger charge is -2.15. The smallest absolute Gasteiger partial charge is 0.142 e. The monoisotopic (exact) mass is 515 g/mol. The topological polar surface area (TPSA) is 28.0 Å². The maximum Gasteiger partial charge on any atom is 0.142 e. The zero-order valence-corrected chi connectivity index (χ0v) is 25.1. The standard InChI is InChI=1S/C13H18N3P3S.C2H6.CH8P4/c1-8-9(2)13(20-10(8)3)15-14-11-4-6-12(7-5-11)16(17)19-18;1-2;1-5(3)4-2/h4-7,19H,17-18H2,1-3H3;1-2H3;4H,2-3H2,1H3. The van der Waals surface area contributed by atoms with E-state index in [9.17, 15) is 0 Å². The van der Waals surface area contributed by atoms with E-state index in [1.165, 1.54) is 16.0 Å². The Balaban J connectivity index is 0.000000838. The first kappa shape index (κ1) is 28.3. The number of nitrogens with zero attached hydrogens (tertiary/aromatic N) is 3. The molecule has 0 aliphatic rings. The number of thiophene rings is 1. The minimum Gasteiger partial charge on any atom is -0.334 e. The van der Waals surface area contributed by atoms with E-state index in [4.69, 9.17) is 0 Å². The molecule has 7 unspecified atom stereocenters. The normalized spacial score (nSPS) is 12.2. The first-order valence-corrected chi connectivity index (χ1v) is 19.5. The molecule has 1 aromatic carbocycles. The molecule has 7 atom stereocenters. The number of hydrogen-bond acceptors (Lipinski definition) is 4. The molecule has 0 saturated heterocycles. The SMILES string of the molecule is CC.CP(P)PP.Cc1sc(N=Nc2ccc(N(P)PP)cc2)c(C)c1C. The van der Waals surface area contributed by atoms with Crippen LogP contribution in [0.25, 0.3) is 0 Å². The Labute approximate surface area is 183 Å². The Morgan fingerprint density at radius 1 is 1.00 bits per heavy atom. The summed E-state index contributed by atoms with van der Waals surface area (Å²) in [7, 11) is 12.9. The summed E-state index contributed by atoms with van der Waals surface area (Å²) < 4.78 is 2.10. The molecule has 0 spiro atoms. The van der Waals surface area contributed by atoms with Gasteiger partial charge in [0, 0.05) is 10.6 Å². The summed E-state index contributed by atoms with van der Waals surface area (Å²) in [5.41, 5.74) is 4.58. The van der Waals surface area contributed by atoms with Crippen LogP contribution in [0.1, 0.15) is 29.9 Å². The van der Waals surface area contributed by atoms with Crippen molar-refractivity contribution >= 4 is 87.6 Å². The van der Waals surface area contributed by atoms with Gasteiger partial charge >= 0.3 is 0 Å². The van der Waals surface area contributed by atoms with Crippen molar-refractivity contribution in [2.75, 3.05) is 11.1 Å². The summed E-state index contributed by atoms with van der Waals surface area (Å²) in [6, 6.07) is 8.08. The van der Waals surface area contributed by atoms with Crippen molar-refractivity contribution in [3.63, 3.8) is 0 Å². The van der Waals surface area contributed by atoms with Crippen molar-refractivity contribution in [1.29, 1.82) is 0 Å². The summed E-state index contributed by atoms with van der Waals surface area (Å²) in [6.07, 6.45) is 0. The van der Waals surface area contributed by atoms with Gasteiger partial charge in [-0.2, -0.15) is 0 Å². The Morgan fingerprint density at radius 3 is 1.89 bits per heavy atom. The van der Waals surface area contributed by atoms with Crippen LogP contribution < -0.4 is 4.44 Å². The van der Waals surface area contributed by atoms with Crippen LogP contribution >= 0.6 is 71.2 Å². The third-order valence-electron chi connectivity index (χ3n) is 3.39. The van der Waals surface area contributed by atoms with Gasteiger partial charge < -0.3 is 4.44 Å². The van der Waals surface area contributed by atoms with Crippen LogP contribution in [0, 0.1) is 20.8 Å². The maximum atomic E-state index is 4.37. The third-order valence-corrected chi connectivity index (χ3v) is 16.9. The quantitative estimate of drug-likeness (QED) is 0.288. The van der Waals surface area contributed by atoms with Crippen molar-refractivity contribution in [1.82, 2.24) is 0 Å². The van der Waals surface area contributed by atoms with E-state index in [-0.39, 0.29) is 0 Å². The fraction of sp³-hybridized carbons (Fsp3) is 0.375. The molecule has 11 heteroatoms. The van der Waals surface area contributed by atoms with E-state index in [0.717, 1.165) is 24.3 Å². The minimum atomic E-state index is 0.309. The average molecular weight is 515 g/mol. The van der Waals surface area contributed by atoms with Crippen molar-refractivity contribution in [3.8, 4) is 0 Å². The molecule has 1 heterocycles. The van der Waals surface area contributed by atoms with Gasteiger partial charge in [0.15, 0.2) is 0 Å². The highest BCUT2D eigenvalue weighted by Gasteiger charge is 2.07. The van der Waals surface area contributed by atoms with Gasteiger partial charge in [-0.05, 0) is 80.6 Å². The lowest BCUT2D eigenvalue weighted by Crippen LogP contribution is -1.89. The highest BCUT2D eigenvalue weighted by Crippen LogP contribution is 2.62. The molecule has 0 aliphatic heterocycles. The van der Waals surface area contributed by atoms with E-state index < -0.39 is 0 Å². The van der Waals surface area contributed by atoms with E-state index in [1.807, 2.05) is 26.0 Å². The molecule has 27 heavy (non-hydrogen) atoms. The lowest BCUT2D eigenvalue weighted by atomic mass is 10.2. The number of aryl methyl sites for hydroxylation is 1. The maximum absolute atomic E-state index is 4.37. The second kappa shape index (κ2) is 16.1. The van der Waals surface area contributed by atoms with Gasteiger partial charge in [-0.3, -0.25) is 0 Å². The molecule has 2 aromatic rings. The van der Waals surface area contributed by atoms with Crippen molar-refractivity contribution in [2.24, 2.45) is 10.2 Å². The Kier molecular flexibility index (Phi) is 16.9. The van der Waals surface area contributed by atoms with Crippen LogP contribution in [0.5, 0.6) is 0 Å². The van der Waals surface area contributed by atoms with Gasteiger partial charge in [-0.1, -0.05) is 38.0 Å². The molecular formula is C16H32N3P7S. The number of anilines is 1. The Hall–Kier alpha value is 1.33. The van der Waals surface area contributed by atoms with E-state index >= 15 is 0 Å². The van der Waals surface area contributed by atoms with Gasteiger partial charge in [0.1, 0.15) is 5.00 Å². The Bertz CT molecular complexity index is 690. The summed E-state index contributed by atoms with van der Waals surface area (Å²) in [4.78, 5) is 1.31. The largest absolute Gasteiger partial charge is 0.334 e. The van der Waals surface area contributed by atoms with E-state index in [1.54, 1.807) is 11.3 Å². The molecule has 0 fully saturated rings. The summed E-state index contributed by atoms with van der Waals surface area (Å²) >= 11 is 1.70. The minimum absolute atomic E-state index is 0.309. The zero-order valence-electron chi connectivity index (χ0n) is 16.8. The molecule has 3 nitrogen and oxygen atoms in total. The second-order valence-corrected chi connectivity index (χ2v) is 19.5. The number of azo groups is 1. The van der Waals surface area contributed by atoms with Crippen LogP contribution in [0.4, 0.5) is 16.4 Å². The highest BCUT2D eigenvalue weighted by molar-refractivity contribution is 8.60. The summed E-state index contributed by atoms with van der Waals surface area (Å²) in [5.74, 6) is 0.